The molecule has 0 aliphatic heterocycles. The van der Waals surface area contributed by atoms with E-state index < -0.39 is 5.97 Å². The highest BCUT2D eigenvalue weighted by atomic mass is 32.1. The Morgan fingerprint density at radius 1 is 1.52 bits per heavy atom. The van der Waals surface area contributed by atoms with Gasteiger partial charge < -0.3 is 10.4 Å². The summed E-state index contributed by atoms with van der Waals surface area (Å²) in [6, 6.07) is 3.54. The molecule has 0 aliphatic carbocycles. The largest absolute Gasteiger partial charge is 0.478 e. The van der Waals surface area contributed by atoms with Crippen LogP contribution >= 0.6 is 11.3 Å². The van der Waals surface area contributed by atoms with Crippen molar-refractivity contribution in [1.29, 1.82) is 0 Å². The highest BCUT2D eigenvalue weighted by Gasteiger charge is 2.12. The Morgan fingerprint density at radius 3 is 2.90 bits per heavy atom. The lowest BCUT2D eigenvalue weighted by Crippen LogP contribution is -2.24. The summed E-state index contributed by atoms with van der Waals surface area (Å²) in [5.74, 6) is -1.21. The van der Waals surface area contributed by atoms with E-state index >= 15 is 0 Å². The Balaban J connectivity index is 2.04. The molecule has 0 unspecified atom stereocenters. The highest BCUT2D eigenvalue weighted by molar-refractivity contribution is 7.10. The average Bonchev–Trinajstić information content (AvgIpc) is 2.99. The Hall–Kier alpha value is -2.41. The molecule has 6 nitrogen and oxygen atoms in total. The van der Waals surface area contributed by atoms with Crippen molar-refractivity contribution >= 4 is 29.3 Å². The van der Waals surface area contributed by atoms with Crippen LogP contribution in [0, 0.1) is 6.92 Å². The normalized spacial score (nSPS) is 11.0. The van der Waals surface area contributed by atoms with Crippen molar-refractivity contribution in [2.45, 2.75) is 13.5 Å². The summed E-state index contributed by atoms with van der Waals surface area (Å²) in [6.07, 6.45) is 2.60. The fourth-order valence-electron chi connectivity index (χ4n) is 1.88. The second-order valence-corrected chi connectivity index (χ2v) is 5.45. The van der Waals surface area contributed by atoms with Gasteiger partial charge in [-0.3, -0.25) is 9.48 Å². The van der Waals surface area contributed by atoms with E-state index in [-0.39, 0.29) is 5.91 Å². The van der Waals surface area contributed by atoms with Gasteiger partial charge in [-0.05, 0) is 36.1 Å². The molecule has 1 amide bonds. The maximum Gasteiger partial charge on any atom is 0.328 e. The van der Waals surface area contributed by atoms with Crippen LogP contribution in [0.15, 0.2) is 23.6 Å². The molecule has 0 saturated carbocycles. The number of nitrogens with zero attached hydrogens (tertiary/aromatic N) is 2. The SMILES string of the molecule is Cc1cc(C(=O)NCc2sccc2/C=C/C(=O)O)n(C)n1. The molecule has 2 aromatic heterocycles. The van der Waals surface area contributed by atoms with Gasteiger partial charge >= 0.3 is 5.97 Å². The number of hydrogen-bond acceptors (Lipinski definition) is 4. The van der Waals surface area contributed by atoms with Gasteiger partial charge in [0.05, 0.1) is 12.2 Å². The van der Waals surface area contributed by atoms with Gasteiger partial charge in [0.25, 0.3) is 5.91 Å². The topological polar surface area (TPSA) is 84.2 Å². The molecule has 110 valence electrons. The third-order valence-electron chi connectivity index (χ3n) is 2.83. The van der Waals surface area contributed by atoms with Crippen LogP contribution in [0.5, 0.6) is 0 Å². The zero-order chi connectivity index (χ0) is 15.4. The summed E-state index contributed by atoms with van der Waals surface area (Å²) < 4.78 is 1.53. The second-order valence-electron chi connectivity index (χ2n) is 4.45. The highest BCUT2D eigenvalue weighted by Crippen LogP contribution is 2.18. The number of aliphatic carboxylic acids is 1. The van der Waals surface area contributed by atoms with Gasteiger partial charge in [-0.1, -0.05) is 0 Å². The van der Waals surface area contributed by atoms with Crippen LogP contribution in [0.4, 0.5) is 0 Å². The van der Waals surface area contributed by atoms with E-state index in [1.54, 1.807) is 13.1 Å². The lowest BCUT2D eigenvalue weighted by atomic mass is 10.2. The van der Waals surface area contributed by atoms with Gasteiger partial charge in [-0.2, -0.15) is 5.10 Å². The van der Waals surface area contributed by atoms with E-state index in [2.05, 4.69) is 10.4 Å². The van der Waals surface area contributed by atoms with Crippen molar-refractivity contribution in [1.82, 2.24) is 15.1 Å². The summed E-state index contributed by atoms with van der Waals surface area (Å²) in [5.41, 5.74) is 2.07. The zero-order valence-corrected chi connectivity index (χ0v) is 12.5. The molecule has 2 rings (SSSR count). The molecule has 2 N–H and O–H groups in total. The molecule has 2 aromatic rings. The molecular formula is C14H15N3O3S. The molecule has 0 aliphatic rings. The van der Waals surface area contributed by atoms with Crippen molar-refractivity contribution in [2.24, 2.45) is 7.05 Å². The van der Waals surface area contributed by atoms with E-state index in [0.717, 1.165) is 22.2 Å². The van der Waals surface area contributed by atoms with Gasteiger partial charge in [0.1, 0.15) is 5.69 Å². The van der Waals surface area contributed by atoms with E-state index in [0.29, 0.717) is 12.2 Å². The summed E-state index contributed by atoms with van der Waals surface area (Å²) in [6.45, 7) is 2.17. The fraction of sp³-hybridized carbons (Fsp3) is 0.214. The molecule has 21 heavy (non-hydrogen) atoms. The van der Waals surface area contributed by atoms with E-state index in [9.17, 15) is 9.59 Å². The van der Waals surface area contributed by atoms with Crippen LogP contribution in [0.1, 0.15) is 26.6 Å². The summed E-state index contributed by atoms with van der Waals surface area (Å²) >= 11 is 1.47. The summed E-state index contributed by atoms with van der Waals surface area (Å²) in [4.78, 5) is 23.5. The Bertz CT molecular complexity index is 700. The summed E-state index contributed by atoms with van der Waals surface area (Å²) in [5, 5.41) is 17.4. The monoisotopic (exact) mass is 305 g/mol. The number of carbonyl (C=O) groups excluding carboxylic acids is 1. The van der Waals surface area contributed by atoms with E-state index in [1.165, 1.54) is 22.1 Å². The van der Waals surface area contributed by atoms with Crippen molar-refractivity contribution < 1.29 is 14.7 Å². The first kappa shape index (κ1) is 15.0. The smallest absolute Gasteiger partial charge is 0.328 e. The number of aryl methyl sites for hydroxylation is 2. The van der Waals surface area contributed by atoms with Gasteiger partial charge in [0.15, 0.2) is 0 Å². The standard InChI is InChI=1S/C14H15N3O3S/c1-9-7-11(17(2)16-9)14(20)15-8-12-10(5-6-21-12)3-4-13(18)19/h3-7H,8H2,1-2H3,(H,15,20)(H,18,19)/b4-3+. The Labute approximate surface area is 125 Å². The van der Waals surface area contributed by atoms with E-state index in [4.69, 9.17) is 5.11 Å². The summed E-state index contributed by atoms with van der Waals surface area (Å²) in [7, 11) is 1.72. The molecule has 0 atom stereocenters. The molecule has 0 aromatic carbocycles. The molecule has 0 saturated heterocycles. The first-order chi connectivity index (χ1) is 9.97. The number of carboxylic acid groups (broad SMARTS) is 1. The van der Waals surface area contributed by atoms with Crippen LogP contribution in [0.3, 0.4) is 0 Å². The molecule has 2 heterocycles. The lowest BCUT2D eigenvalue weighted by molar-refractivity contribution is -0.131. The van der Waals surface area contributed by atoms with Crippen molar-refractivity contribution in [2.75, 3.05) is 0 Å². The lowest BCUT2D eigenvalue weighted by Gasteiger charge is -2.04. The van der Waals surface area contributed by atoms with Gasteiger partial charge in [0, 0.05) is 18.0 Å². The van der Waals surface area contributed by atoms with Crippen LogP contribution in [0.25, 0.3) is 6.08 Å². The fourth-order valence-corrected chi connectivity index (χ4v) is 2.68. The maximum atomic E-state index is 12.1. The third-order valence-corrected chi connectivity index (χ3v) is 3.77. The maximum absolute atomic E-state index is 12.1. The number of rotatable bonds is 5. The predicted molar refractivity (Wildman–Crippen MR) is 80.1 cm³/mol. The van der Waals surface area contributed by atoms with Crippen molar-refractivity contribution in [3.8, 4) is 0 Å². The minimum Gasteiger partial charge on any atom is -0.478 e. The minimum atomic E-state index is -0.999. The molecule has 0 bridgehead atoms. The molecular weight excluding hydrogens is 290 g/mol. The first-order valence-electron chi connectivity index (χ1n) is 6.23. The minimum absolute atomic E-state index is 0.209. The molecule has 7 heteroatoms. The number of carbonyl (C=O) groups is 2. The van der Waals surface area contributed by atoms with Crippen LogP contribution in [-0.2, 0) is 18.4 Å². The zero-order valence-electron chi connectivity index (χ0n) is 11.7. The molecule has 0 radical (unpaired) electrons. The van der Waals surface area contributed by atoms with Gasteiger partial charge in [-0.25, -0.2) is 4.79 Å². The number of amides is 1. The van der Waals surface area contributed by atoms with Gasteiger partial charge in [0.2, 0.25) is 0 Å². The Morgan fingerprint density at radius 2 is 2.29 bits per heavy atom. The van der Waals surface area contributed by atoms with Crippen LogP contribution in [0.2, 0.25) is 0 Å². The van der Waals surface area contributed by atoms with Crippen molar-refractivity contribution in [3.05, 3.63) is 45.4 Å². The predicted octanol–water partition coefficient (Wildman–Crippen LogP) is 1.82. The average molecular weight is 305 g/mol. The number of thiophene rings is 1. The number of aromatic nitrogens is 2. The van der Waals surface area contributed by atoms with Crippen LogP contribution in [-0.4, -0.2) is 26.8 Å². The number of carboxylic acids is 1. The first-order valence-corrected chi connectivity index (χ1v) is 7.11. The molecule has 0 spiro atoms. The quantitative estimate of drug-likeness (QED) is 0.825. The third kappa shape index (κ3) is 3.79. The molecule has 0 fully saturated rings. The Kier molecular flexibility index (Phi) is 4.54. The second kappa shape index (κ2) is 6.36. The number of hydrogen-bond donors (Lipinski definition) is 2. The number of nitrogens with one attached hydrogen (secondary N) is 1. The van der Waals surface area contributed by atoms with Crippen LogP contribution < -0.4 is 5.32 Å². The van der Waals surface area contributed by atoms with E-state index in [1.807, 2.05) is 18.4 Å². The van der Waals surface area contributed by atoms with Crippen molar-refractivity contribution in [3.63, 3.8) is 0 Å². The van der Waals surface area contributed by atoms with Gasteiger partial charge in [-0.15, -0.1) is 11.3 Å².